The fourth-order valence-electron chi connectivity index (χ4n) is 3.63. The third-order valence-electron chi connectivity index (χ3n) is 5.20. The SMILES string of the molecule is COc1ccc(Oc2coc3c4c(ccc3c2=O)OCN(Cc2ccncc2)C4)cc1. The first kappa shape index (κ1) is 19.1. The van der Waals surface area contributed by atoms with Crippen LogP contribution in [0.2, 0.25) is 0 Å². The normalized spacial score (nSPS) is 13.5. The average molecular weight is 416 g/mol. The van der Waals surface area contributed by atoms with Gasteiger partial charge in [0, 0.05) is 25.5 Å². The summed E-state index contributed by atoms with van der Waals surface area (Å²) in [5.74, 6) is 2.09. The zero-order valence-electron chi connectivity index (χ0n) is 16.9. The second kappa shape index (κ2) is 8.12. The molecular formula is C24H20N2O5. The van der Waals surface area contributed by atoms with Crippen LogP contribution in [0.25, 0.3) is 11.0 Å². The summed E-state index contributed by atoms with van der Waals surface area (Å²) in [6.07, 6.45) is 4.90. The highest BCUT2D eigenvalue weighted by Gasteiger charge is 2.23. The fraction of sp³-hybridized carbons (Fsp3) is 0.167. The molecular weight excluding hydrogens is 396 g/mol. The molecule has 0 saturated carbocycles. The third-order valence-corrected chi connectivity index (χ3v) is 5.20. The first-order chi connectivity index (χ1) is 15.2. The van der Waals surface area contributed by atoms with E-state index in [1.54, 1.807) is 49.8 Å². The molecule has 1 aliphatic rings. The number of fused-ring (bicyclic) bond motifs is 3. The van der Waals surface area contributed by atoms with Crippen LogP contribution in [0, 0.1) is 0 Å². The molecule has 0 amide bonds. The van der Waals surface area contributed by atoms with Gasteiger partial charge in [-0.2, -0.15) is 0 Å². The standard InChI is InChI=1S/C24H20N2O5/c1-28-17-2-4-18(5-3-17)31-22-14-29-24-19(23(22)27)6-7-21-20(24)13-26(15-30-21)12-16-8-10-25-11-9-16/h2-11,14H,12-13,15H2,1H3. The predicted octanol–water partition coefficient (Wildman–Crippen LogP) is 4.34. The van der Waals surface area contributed by atoms with Crippen LogP contribution in [0.4, 0.5) is 0 Å². The first-order valence-corrected chi connectivity index (χ1v) is 9.84. The quantitative estimate of drug-likeness (QED) is 0.479. The average Bonchev–Trinajstić information content (AvgIpc) is 2.82. The molecule has 156 valence electrons. The third kappa shape index (κ3) is 3.83. The molecule has 7 heteroatoms. The maximum atomic E-state index is 13.0. The summed E-state index contributed by atoms with van der Waals surface area (Å²) in [6, 6.07) is 14.5. The number of nitrogens with zero attached hydrogens (tertiary/aromatic N) is 2. The summed E-state index contributed by atoms with van der Waals surface area (Å²) < 4.78 is 22.7. The molecule has 4 aromatic rings. The summed E-state index contributed by atoms with van der Waals surface area (Å²) >= 11 is 0. The van der Waals surface area contributed by atoms with Crippen LogP contribution in [-0.2, 0) is 13.1 Å². The number of methoxy groups -OCH3 is 1. The Hall–Kier alpha value is -3.84. The van der Waals surface area contributed by atoms with E-state index >= 15 is 0 Å². The fourth-order valence-corrected chi connectivity index (χ4v) is 3.63. The van der Waals surface area contributed by atoms with Gasteiger partial charge in [0.1, 0.15) is 35.8 Å². The first-order valence-electron chi connectivity index (χ1n) is 9.84. The van der Waals surface area contributed by atoms with Crippen molar-refractivity contribution in [3.8, 4) is 23.0 Å². The van der Waals surface area contributed by atoms with Crippen molar-refractivity contribution in [1.82, 2.24) is 9.88 Å². The maximum absolute atomic E-state index is 13.0. The molecule has 0 spiro atoms. The Bertz CT molecular complexity index is 1270. The molecule has 5 rings (SSSR count). The van der Waals surface area contributed by atoms with Gasteiger partial charge in [0.25, 0.3) is 0 Å². The van der Waals surface area contributed by atoms with Gasteiger partial charge in [-0.1, -0.05) is 0 Å². The monoisotopic (exact) mass is 416 g/mol. The van der Waals surface area contributed by atoms with E-state index in [2.05, 4.69) is 9.88 Å². The number of benzene rings is 2. The van der Waals surface area contributed by atoms with E-state index in [1.807, 2.05) is 18.2 Å². The Kier molecular flexibility index (Phi) is 5.01. The maximum Gasteiger partial charge on any atom is 0.235 e. The van der Waals surface area contributed by atoms with Crippen molar-refractivity contribution in [3.63, 3.8) is 0 Å². The number of hydrogen-bond donors (Lipinski definition) is 0. The second-order valence-corrected chi connectivity index (χ2v) is 7.24. The summed E-state index contributed by atoms with van der Waals surface area (Å²) in [5, 5.41) is 0.458. The molecule has 31 heavy (non-hydrogen) atoms. The molecule has 0 saturated heterocycles. The lowest BCUT2D eigenvalue weighted by Gasteiger charge is -2.29. The van der Waals surface area contributed by atoms with Crippen molar-refractivity contribution < 1.29 is 18.6 Å². The Balaban J connectivity index is 1.44. The Morgan fingerprint density at radius 3 is 2.58 bits per heavy atom. The molecule has 1 aliphatic heterocycles. The molecule has 0 N–H and O–H groups in total. The second-order valence-electron chi connectivity index (χ2n) is 7.24. The summed E-state index contributed by atoms with van der Waals surface area (Å²) in [4.78, 5) is 19.2. The summed E-state index contributed by atoms with van der Waals surface area (Å²) in [6.45, 7) is 1.78. The topological polar surface area (TPSA) is 74.0 Å². The molecule has 0 bridgehead atoms. The van der Waals surface area contributed by atoms with Gasteiger partial charge in [0.05, 0.1) is 18.1 Å². The van der Waals surface area contributed by atoms with Crippen LogP contribution in [-0.4, -0.2) is 23.7 Å². The largest absolute Gasteiger partial charge is 0.497 e. The zero-order chi connectivity index (χ0) is 21.2. The molecule has 7 nitrogen and oxygen atoms in total. The minimum Gasteiger partial charge on any atom is -0.497 e. The number of hydrogen-bond acceptors (Lipinski definition) is 7. The smallest absolute Gasteiger partial charge is 0.235 e. The van der Waals surface area contributed by atoms with Crippen molar-refractivity contribution >= 4 is 11.0 Å². The number of pyridine rings is 1. The van der Waals surface area contributed by atoms with Crippen LogP contribution >= 0.6 is 0 Å². The molecule has 0 atom stereocenters. The highest BCUT2D eigenvalue weighted by molar-refractivity contribution is 5.83. The van der Waals surface area contributed by atoms with Crippen molar-refractivity contribution in [3.05, 3.63) is 88.5 Å². The van der Waals surface area contributed by atoms with Gasteiger partial charge < -0.3 is 18.6 Å². The molecule has 2 aromatic heterocycles. The van der Waals surface area contributed by atoms with E-state index in [9.17, 15) is 4.79 Å². The minimum atomic E-state index is -0.230. The lowest BCUT2D eigenvalue weighted by Crippen LogP contribution is -2.31. The van der Waals surface area contributed by atoms with Gasteiger partial charge in [0.2, 0.25) is 11.2 Å². The highest BCUT2D eigenvalue weighted by Crippen LogP contribution is 2.33. The Morgan fingerprint density at radius 1 is 1.03 bits per heavy atom. The van der Waals surface area contributed by atoms with E-state index in [1.165, 1.54) is 6.26 Å². The van der Waals surface area contributed by atoms with Crippen molar-refractivity contribution in [1.29, 1.82) is 0 Å². The minimum absolute atomic E-state index is 0.128. The molecule has 3 heterocycles. The summed E-state index contributed by atoms with van der Waals surface area (Å²) in [7, 11) is 1.59. The van der Waals surface area contributed by atoms with E-state index in [0.717, 1.165) is 16.9 Å². The molecule has 0 unspecified atom stereocenters. The van der Waals surface area contributed by atoms with Gasteiger partial charge >= 0.3 is 0 Å². The van der Waals surface area contributed by atoms with E-state index in [-0.39, 0.29) is 11.2 Å². The van der Waals surface area contributed by atoms with E-state index < -0.39 is 0 Å². The summed E-state index contributed by atoms with van der Waals surface area (Å²) in [5.41, 5.74) is 2.28. The van der Waals surface area contributed by atoms with Gasteiger partial charge in [-0.25, -0.2) is 0 Å². The van der Waals surface area contributed by atoms with E-state index in [0.29, 0.717) is 42.3 Å². The van der Waals surface area contributed by atoms with Crippen molar-refractivity contribution in [2.24, 2.45) is 0 Å². The lowest BCUT2D eigenvalue weighted by molar-refractivity contribution is 0.0890. The Morgan fingerprint density at radius 2 is 1.81 bits per heavy atom. The number of rotatable bonds is 5. The van der Waals surface area contributed by atoms with Crippen molar-refractivity contribution in [2.75, 3.05) is 13.8 Å². The van der Waals surface area contributed by atoms with Crippen LogP contribution in [0.15, 0.2) is 76.4 Å². The van der Waals surface area contributed by atoms with Crippen LogP contribution < -0.4 is 19.6 Å². The van der Waals surface area contributed by atoms with Crippen LogP contribution in [0.1, 0.15) is 11.1 Å². The zero-order valence-corrected chi connectivity index (χ0v) is 16.9. The number of ether oxygens (including phenoxy) is 3. The molecule has 2 aromatic carbocycles. The van der Waals surface area contributed by atoms with Crippen LogP contribution in [0.5, 0.6) is 23.0 Å². The van der Waals surface area contributed by atoms with Gasteiger partial charge in [0.15, 0.2) is 0 Å². The van der Waals surface area contributed by atoms with Gasteiger partial charge in [-0.15, -0.1) is 0 Å². The molecule has 0 aliphatic carbocycles. The predicted molar refractivity (Wildman–Crippen MR) is 115 cm³/mol. The van der Waals surface area contributed by atoms with Crippen molar-refractivity contribution in [2.45, 2.75) is 13.1 Å². The number of aromatic nitrogens is 1. The molecule has 0 radical (unpaired) electrons. The highest BCUT2D eigenvalue weighted by atomic mass is 16.5. The van der Waals surface area contributed by atoms with Crippen LogP contribution in [0.3, 0.4) is 0 Å². The van der Waals surface area contributed by atoms with Gasteiger partial charge in [-0.05, 0) is 54.1 Å². The van der Waals surface area contributed by atoms with Gasteiger partial charge in [-0.3, -0.25) is 14.7 Å². The lowest BCUT2D eigenvalue weighted by atomic mass is 10.1. The van der Waals surface area contributed by atoms with E-state index in [4.69, 9.17) is 18.6 Å². The Labute approximate surface area is 178 Å². The molecule has 0 fully saturated rings.